The van der Waals surface area contributed by atoms with Crippen molar-refractivity contribution < 1.29 is 14.6 Å². The number of amides is 1. The predicted molar refractivity (Wildman–Crippen MR) is 80.0 cm³/mol. The molecule has 1 fully saturated rings. The summed E-state index contributed by atoms with van der Waals surface area (Å²) in [5, 5.41) is 9.27. The molecule has 110 valence electrons. The minimum absolute atomic E-state index is 0.0618. The first-order chi connectivity index (χ1) is 9.39. The zero-order valence-electron chi connectivity index (χ0n) is 11.9. The van der Waals surface area contributed by atoms with Crippen LogP contribution in [0, 0.1) is 0 Å². The Balaban J connectivity index is 2.02. The maximum Gasteiger partial charge on any atom is 0.227 e. The van der Waals surface area contributed by atoms with Crippen LogP contribution < -0.4 is 0 Å². The van der Waals surface area contributed by atoms with Gasteiger partial charge in [-0.15, -0.1) is 12.6 Å². The summed E-state index contributed by atoms with van der Waals surface area (Å²) < 4.78 is 5.72. The van der Waals surface area contributed by atoms with Gasteiger partial charge in [0, 0.05) is 18.0 Å². The van der Waals surface area contributed by atoms with Crippen molar-refractivity contribution in [2.45, 2.75) is 36.9 Å². The van der Waals surface area contributed by atoms with Crippen molar-refractivity contribution >= 4 is 18.5 Å². The molecule has 1 heterocycles. The number of nitrogens with zero attached hydrogens (tertiary/aromatic N) is 1. The zero-order valence-corrected chi connectivity index (χ0v) is 12.8. The third kappa shape index (κ3) is 3.98. The van der Waals surface area contributed by atoms with Gasteiger partial charge in [0.2, 0.25) is 5.91 Å². The number of ether oxygens (including phenoxy) is 1. The lowest BCUT2D eigenvalue weighted by molar-refractivity contribution is -0.166. The lowest BCUT2D eigenvalue weighted by atomic mass is 10.0. The van der Waals surface area contributed by atoms with Crippen LogP contribution >= 0.6 is 12.6 Å². The molecule has 4 nitrogen and oxygen atoms in total. The molecule has 5 heteroatoms. The van der Waals surface area contributed by atoms with Crippen molar-refractivity contribution in [3.8, 4) is 0 Å². The Morgan fingerprint density at radius 1 is 1.45 bits per heavy atom. The van der Waals surface area contributed by atoms with Gasteiger partial charge in [0.15, 0.2) is 0 Å². The minimum atomic E-state index is -0.420. The van der Waals surface area contributed by atoms with Crippen molar-refractivity contribution in [2.24, 2.45) is 0 Å². The molecular weight excluding hydrogens is 274 g/mol. The van der Waals surface area contributed by atoms with Gasteiger partial charge in [0.05, 0.1) is 24.7 Å². The molecule has 1 aromatic carbocycles. The average molecular weight is 295 g/mol. The van der Waals surface area contributed by atoms with E-state index < -0.39 is 5.60 Å². The highest BCUT2D eigenvalue weighted by Gasteiger charge is 2.35. The van der Waals surface area contributed by atoms with E-state index in [9.17, 15) is 9.90 Å². The second-order valence-electron chi connectivity index (χ2n) is 5.80. The molecule has 1 aromatic rings. The van der Waals surface area contributed by atoms with Gasteiger partial charge in [-0.05, 0) is 31.5 Å². The van der Waals surface area contributed by atoms with E-state index in [0.717, 1.165) is 10.5 Å². The van der Waals surface area contributed by atoms with E-state index in [0.29, 0.717) is 19.5 Å². The monoisotopic (exact) mass is 295 g/mol. The molecule has 0 aromatic heterocycles. The molecule has 0 spiro atoms. The van der Waals surface area contributed by atoms with Gasteiger partial charge in [-0.1, -0.05) is 12.1 Å². The summed E-state index contributed by atoms with van der Waals surface area (Å²) >= 11 is 4.23. The minimum Gasteiger partial charge on any atom is -0.394 e. The van der Waals surface area contributed by atoms with E-state index in [1.807, 2.05) is 38.1 Å². The molecule has 0 bridgehead atoms. The fourth-order valence-corrected chi connectivity index (χ4v) is 2.63. The number of hydrogen-bond acceptors (Lipinski definition) is 4. The van der Waals surface area contributed by atoms with Crippen LogP contribution in [0.2, 0.25) is 0 Å². The zero-order chi connectivity index (χ0) is 14.8. The summed E-state index contributed by atoms with van der Waals surface area (Å²) in [5.74, 6) is 0.0618. The van der Waals surface area contributed by atoms with E-state index in [1.165, 1.54) is 0 Å². The van der Waals surface area contributed by atoms with Crippen LogP contribution in [0.4, 0.5) is 0 Å². The Labute approximate surface area is 125 Å². The maximum atomic E-state index is 12.4. The molecule has 1 N–H and O–H groups in total. The second-order valence-corrected chi connectivity index (χ2v) is 6.32. The quantitative estimate of drug-likeness (QED) is 0.831. The highest BCUT2D eigenvalue weighted by molar-refractivity contribution is 7.80. The van der Waals surface area contributed by atoms with E-state index in [1.54, 1.807) is 4.90 Å². The van der Waals surface area contributed by atoms with Crippen molar-refractivity contribution in [3.05, 3.63) is 29.8 Å². The lowest BCUT2D eigenvalue weighted by Gasteiger charge is -2.42. The van der Waals surface area contributed by atoms with Crippen molar-refractivity contribution in [1.82, 2.24) is 4.90 Å². The van der Waals surface area contributed by atoms with Crippen LogP contribution in [0.5, 0.6) is 0 Å². The number of carbonyl (C=O) groups is 1. The highest BCUT2D eigenvalue weighted by Crippen LogP contribution is 2.21. The van der Waals surface area contributed by atoms with Crippen molar-refractivity contribution in [2.75, 3.05) is 19.7 Å². The molecule has 0 saturated carbocycles. The van der Waals surface area contributed by atoms with Crippen LogP contribution in [-0.2, 0) is 16.0 Å². The molecule has 2 rings (SSSR count). The Kier molecular flexibility index (Phi) is 4.73. The molecule has 1 aliphatic heterocycles. The van der Waals surface area contributed by atoms with E-state index in [2.05, 4.69) is 12.6 Å². The Morgan fingerprint density at radius 3 is 2.70 bits per heavy atom. The standard InChI is InChI=1S/C15H21NO3S/c1-15(2)10-16(8-12(9-17)19-15)14(18)7-11-3-5-13(20)6-4-11/h3-6,12,17,20H,7-10H2,1-2H3. The Morgan fingerprint density at radius 2 is 2.10 bits per heavy atom. The second kappa shape index (κ2) is 6.16. The molecule has 1 atom stereocenters. The van der Waals surface area contributed by atoms with Crippen molar-refractivity contribution in [1.29, 1.82) is 0 Å². The largest absolute Gasteiger partial charge is 0.394 e. The van der Waals surface area contributed by atoms with Crippen LogP contribution in [0.3, 0.4) is 0 Å². The lowest BCUT2D eigenvalue weighted by Crippen LogP contribution is -2.55. The molecule has 1 saturated heterocycles. The smallest absolute Gasteiger partial charge is 0.227 e. The van der Waals surface area contributed by atoms with Gasteiger partial charge in [0.25, 0.3) is 0 Å². The normalized spacial score (nSPS) is 21.8. The first-order valence-electron chi connectivity index (χ1n) is 6.74. The summed E-state index contributed by atoms with van der Waals surface area (Å²) in [6, 6.07) is 7.59. The number of morpholine rings is 1. The van der Waals surface area contributed by atoms with Crippen LogP contribution in [0.15, 0.2) is 29.2 Å². The molecular formula is C15H21NO3S. The number of benzene rings is 1. The van der Waals surface area contributed by atoms with E-state index >= 15 is 0 Å². The van der Waals surface area contributed by atoms with E-state index in [-0.39, 0.29) is 18.6 Å². The molecule has 0 radical (unpaired) electrons. The number of aliphatic hydroxyl groups excluding tert-OH is 1. The third-order valence-corrected chi connectivity index (χ3v) is 3.63. The van der Waals surface area contributed by atoms with Crippen LogP contribution in [0.25, 0.3) is 0 Å². The third-order valence-electron chi connectivity index (χ3n) is 3.33. The van der Waals surface area contributed by atoms with Gasteiger partial charge in [-0.25, -0.2) is 0 Å². The highest BCUT2D eigenvalue weighted by atomic mass is 32.1. The average Bonchev–Trinajstić information content (AvgIpc) is 2.39. The number of thiol groups is 1. The molecule has 1 unspecified atom stereocenters. The first-order valence-corrected chi connectivity index (χ1v) is 7.19. The topological polar surface area (TPSA) is 49.8 Å². The fourth-order valence-electron chi connectivity index (χ4n) is 2.48. The molecule has 1 aliphatic rings. The number of carbonyl (C=O) groups excluding carboxylic acids is 1. The summed E-state index contributed by atoms with van der Waals surface area (Å²) in [6.45, 7) is 4.80. The predicted octanol–water partition coefficient (Wildman–Crippen LogP) is 1.52. The van der Waals surface area contributed by atoms with Crippen LogP contribution in [-0.4, -0.2) is 47.3 Å². The summed E-state index contributed by atoms with van der Waals surface area (Å²) in [5.41, 5.74) is 0.550. The fraction of sp³-hybridized carbons (Fsp3) is 0.533. The Bertz CT molecular complexity index is 473. The molecule has 1 amide bonds. The van der Waals surface area contributed by atoms with Gasteiger partial charge >= 0.3 is 0 Å². The molecule has 0 aliphatic carbocycles. The van der Waals surface area contributed by atoms with Crippen molar-refractivity contribution in [3.63, 3.8) is 0 Å². The summed E-state index contributed by atoms with van der Waals surface area (Å²) in [6.07, 6.45) is 0.0602. The molecule has 20 heavy (non-hydrogen) atoms. The Hall–Kier alpha value is -1.04. The summed E-state index contributed by atoms with van der Waals surface area (Å²) in [4.78, 5) is 15.0. The SMILES string of the molecule is CC1(C)CN(C(=O)Cc2ccc(S)cc2)CC(CO)O1. The number of aliphatic hydroxyl groups is 1. The van der Waals surface area contributed by atoms with Crippen LogP contribution in [0.1, 0.15) is 19.4 Å². The number of rotatable bonds is 3. The number of hydrogen-bond donors (Lipinski definition) is 2. The van der Waals surface area contributed by atoms with Gasteiger partial charge in [-0.2, -0.15) is 0 Å². The maximum absolute atomic E-state index is 12.4. The van der Waals surface area contributed by atoms with Gasteiger partial charge in [-0.3, -0.25) is 4.79 Å². The summed E-state index contributed by atoms with van der Waals surface area (Å²) in [7, 11) is 0. The van der Waals surface area contributed by atoms with E-state index in [4.69, 9.17) is 4.74 Å². The van der Waals surface area contributed by atoms with Gasteiger partial charge < -0.3 is 14.7 Å². The van der Waals surface area contributed by atoms with Gasteiger partial charge in [0.1, 0.15) is 0 Å². The first kappa shape index (κ1) is 15.4.